The number of furan rings is 1. The van der Waals surface area contributed by atoms with Crippen LogP contribution in [0.5, 0.6) is 0 Å². The summed E-state index contributed by atoms with van der Waals surface area (Å²) in [5.41, 5.74) is 0.826. The van der Waals surface area contributed by atoms with Gasteiger partial charge in [0, 0.05) is 41.8 Å². The normalized spacial score (nSPS) is 12.3. The molecule has 1 atom stereocenters. The highest BCUT2D eigenvalue weighted by Gasteiger charge is 2.11. The van der Waals surface area contributed by atoms with E-state index in [0.717, 1.165) is 16.7 Å². The van der Waals surface area contributed by atoms with Crippen molar-refractivity contribution in [2.75, 3.05) is 25.6 Å². The standard InChI is InChI=1S/C15H20N2O3S/c1-17(15(18)16-8-5-9-21(2)19)11-13-10-12-6-3-4-7-14(12)20-13/h3-4,6-7,10H,5,8-9,11H2,1-2H3,(H,16,18). The predicted molar refractivity (Wildman–Crippen MR) is 84.6 cm³/mol. The van der Waals surface area contributed by atoms with Crippen LogP contribution in [0.2, 0.25) is 0 Å². The number of hydrogen-bond donors (Lipinski definition) is 1. The van der Waals surface area contributed by atoms with Gasteiger partial charge in [-0.3, -0.25) is 4.21 Å². The first kappa shape index (κ1) is 15.6. The lowest BCUT2D eigenvalue weighted by atomic mass is 10.2. The van der Waals surface area contributed by atoms with Gasteiger partial charge in [0.15, 0.2) is 0 Å². The lowest BCUT2D eigenvalue weighted by molar-refractivity contribution is 0.203. The molecule has 2 aromatic rings. The molecule has 1 unspecified atom stereocenters. The molecule has 1 N–H and O–H groups in total. The number of urea groups is 1. The highest BCUT2D eigenvalue weighted by Crippen LogP contribution is 2.19. The first-order valence-electron chi connectivity index (χ1n) is 6.82. The Morgan fingerprint density at radius 1 is 1.38 bits per heavy atom. The Balaban J connectivity index is 1.84. The third-order valence-corrected chi connectivity index (χ3v) is 3.96. The van der Waals surface area contributed by atoms with Crippen molar-refractivity contribution in [2.24, 2.45) is 0 Å². The van der Waals surface area contributed by atoms with Gasteiger partial charge in [0.2, 0.25) is 0 Å². The third kappa shape index (κ3) is 4.60. The van der Waals surface area contributed by atoms with E-state index in [-0.39, 0.29) is 6.03 Å². The van der Waals surface area contributed by atoms with Crippen molar-refractivity contribution in [3.8, 4) is 0 Å². The summed E-state index contributed by atoms with van der Waals surface area (Å²) >= 11 is 0. The van der Waals surface area contributed by atoms with Crippen molar-refractivity contribution in [1.29, 1.82) is 0 Å². The molecule has 6 heteroatoms. The maximum atomic E-state index is 11.9. The van der Waals surface area contributed by atoms with Crippen LogP contribution in [0.15, 0.2) is 34.7 Å². The second kappa shape index (κ2) is 7.26. The van der Waals surface area contributed by atoms with Gasteiger partial charge in [-0.1, -0.05) is 18.2 Å². The van der Waals surface area contributed by atoms with Crippen LogP contribution in [-0.2, 0) is 17.3 Å². The minimum absolute atomic E-state index is 0.155. The molecule has 21 heavy (non-hydrogen) atoms. The number of nitrogens with one attached hydrogen (secondary N) is 1. The zero-order chi connectivity index (χ0) is 15.2. The quantitative estimate of drug-likeness (QED) is 0.833. The van der Waals surface area contributed by atoms with Gasteiger partial charge in [-0.15, -0.1) is 0 Å². The molecular formula is C15H20N2O3S. The van der Waals surface area contributed by atoms with Crippen LogP contribution in [0.1, 0.15) is 12.2 Å². The number of carbonyl (C=O) groups excluding carboxylic acids is 1. The summed E-state index contributed by atoms with van der Waals surface area (Å²) in [5, 5.41) is 3.84. The zero-order valence-corrected chi connectivity index (χ0v) is 13.1. The minimum atomic E-state index is -0.811. The van der Waals surface area contributed by atoms with E-state index in [1.165, 1.54) is 0 Å². The number of carbonyl (C=O) groups is 1. The molecule has 0 aliphatic rings. The van der Waals surface area contributed by atoms with Gasteiger partial charge in [-0.2, -0.15) is 0 Å². The molecule has 0 bridgehead atoms. The van der Waals surface area contributed by atoms with Crippen molar-refractivity contribution in [2.45, 2.75) is 13.0 Å². The van der Waals surface area contributed by atoms with Gasteiger partial charge in [-0.05, 0) is 18.6 Å². The van der Waals surface area contributed by atoms with Crippen LogP contribution in [-0.4, -0.2) is 40.7 Å². The average Bonchev–Trinajstić information content (AvgIpc) is 2.85. The maximum absolute atomic E-state index is 11.9. The average molecular weight is 308 g/mol. The molecule has 114 valence electrons. The zero-order valence-electron chi connectivity index (χ0n) is 12.3. The van der Waals surface area contributed by atoms with Gasteiger partial charge in [-0.25, -0.2) is 4.79 Å². The highest BCUT2D eigenvalue weighted by molar-refractivity contribution is 7.84. The molecule has 5 nitrogen and oxygen atoms in total. The van der Waals surface area contributed by atoms with Crippen LogP contribution < -0.4 is 5.32 Å². The molecule has 1 aromatic carbocycles. The van der Waals surface area contributed by atoms with E-state index >= 15 is 0 Å². The number of fused-ring (bicyclic) bond motifs is 1. The first-order valence-corrected chi connectivity index (χ1v) is 8.55. The molecule has 0 saturated heterocycles. The van der Waals surface area contributed by atoms with Crippen molar-refractivity contribution < 1.29 is 13.4 Å². The largest absolute Gasteiger partial charge is 0.459 e. The predicted octanol–water partition coefficient (Wildman–Crippen LogP) is 2.34. The monoisotopic (exact) mass is 308 g/mol. The molecule has 0 aliphatic heterocycles. The van der Waals surface area contributed by atoms with E-state index in [1.807, 2.05) is 30.3 Å². The Morgan fingerprint density at radius 2 is 2.14 bits per heavy atom. The van der Waals surface area contributed by atoms with Crippen molar-refractivity contribution in [3.63, 3.8) is 0 Å². The number of amides is 2. The molecule has 2 rings (SSSR count). The molecule has 0 saturated carbocycles. The van der Waals surface area contributed by atoms with Crippen molar-refractivity contribution in [3.05, 3.63) is 36.1 Å². The van der Waals surface area contributed by atoms with E-state index < -0.39 is 10.8 Å². The van der Waals surface area contributed by atoms with Crippen LogP contribution in [0.25, 0.3) is 11.0 Å². The van der Waals surface area contributed by atoms with E-state index in [9.17, 15) is 9.00 Å². The summed E-state index contributed by atoms with van der Waals surface area (Å²) in [6, 6.07) is 9.55. The summed E-state index contributed by atoms with van der Waals surface area (Å²) < 4.78 is 16.6. The number of para-hydroxylation sites is 1. The van der Waals surface area contributed by atoms with E-state index in [4.69, 9.17) is 4.42 Å². The van der Waals surface area contributed by atoms with Crippen LogP contribution in [0.3, 0.4) is 0 Å². The maximum Gasteiger partial charge on any atom is 0.317 e. The lowest BCUT2D eigenvalue weighted by Gasteiger charge is -2.16. The Hall–Kier alpha value is -1.82. The van der Waals surface area contributed by atoms with Gasteiger partial charge < -0.3 is 14.6 Å². The van der Waals surface area contributed by atoms with Crippen LogP contribution in [0.4, 0.5) is 4.79 Å². The van der Waals surface area contributed by atoms with Gasteiger partial charge >= 0.3 is 6.03 Å². The summed E-state index contributed by atoms with van der Waals surface area (Å²) in [6.07, 6.45) is 2.38. The Labute approximate surface area is 126 Å². The summed E-state index contributed by atoms with van der Waals surface area (Å²) in [6.45, 7) is 0.948. The fraction of sp³-hybridized carbons (Fsp3) is 0.400. The van der Waals surface area contributed by atoms with Gasteiger partial charge in [0.25, 0.3) is 0 Å². The second-order valence-electron chi connectivity index (χ2n) is 4.97. The van der Waals surface area contributed by atoms with Gasteiger partial charge in [0.05, 0.1) is 6.54 Å². The van der Waals surface area contributed by atoms with Gasteiger partial charge in [0.1, 0.15) is 11.3 Å². The van der Waals surface area contributed by atoms with Crippen molar-refractivity contribution in [1.82, 2.24) is 10.2 Å². The number of rotatable bonds is 6. The molecule has 2 amide bonds. The summed E-state index contributed by atoms with van der Waals surface area (Å²) in [7, 11) is 0.911. The lowest BCUT2D eigenvalue weighted by Crippen LogP contribution is -2.37. The third-order valence-electron chi connectivity index (χ3n) is 3.10. The minimum Gasteiger partial charge on any atom is -0.459 e. The highest BCUT2D eigenvalue weighted by atomic mass is 32.2. The molecule has 1 aromatic heterocycles. The molecule has 0 spiro atoms. The Kier molecular flexibility index (Phi) is 5.38. The Bertz CT molecular complexity index is 606. The topological polar surface area (TPSA) is 62.6 Å². The SMILES string of the molecule is CN(Cc1cc2ccccc2o1)C(=O)NCCCS(C)=O. The fourth-order valence-corrected chi connectivity index (χ4v) is 2.58. The van der Waals surface area contributed by atoms with Crippen LogP contribution in [0, 0.1) is 0 Å². The van der Waals surface area contributed by atoms with E-state index in [1.54, 1.807) is 18.2 Å². The van der Waals surface area contributed by atoms with Crippen molar-refractivity contribution >= 4 is 27.8 Å². The second-order valence-corrected chi connectivity index (χ2v) is 6.52. The fourth-order valence-electron chi connectivity index (χ4n) is 2.03. The first-order chi connectivity index (χ1) is 10.1. The summed E-state index contributed by atoms with van der Waals surface area (Å²) in [4.78, 5) is 13.5. The number of nitrogens with zero attached hydrogens (tertiary/aromatic N) is 1. The molecule has 0 aliphatic carbocycles. The summed E-state index contributed by atoms with van der Waals surface area (Å²) in [5.74, 6) is 1.36. The Morgan fingerprint density at radius 3 is 2.86 bits per heavy atom. The molecular weight excluding hydrogens is 288 g/mol. The molecule has 0 fully saturated rings. The number of hydrogen-bond acceptors (Lipinski definition) is 3. The van der Waals surface area contributed by atoms with E-state index in [2.05, 4.69) is 5.32 Å². The smallest absolute Gasteiger partial charge is 0.317 e. The van der Waals surface area contributed by atoms with Crippen LogP contribution >= 0.6 is 0 Å². The molecule has 0 radical (unpaired) electrons. The van der Waals surface area contributed by atoms with E-state index in [0.29, 0.717) is 25.3 Å². The number of benzene rings is 1. The molecule has 1 heterocycles.